The minimum atomic E-state index is -1.27. The number of amides is 1. The summed E-state index contributed by atoms with van der Waals surface area (Å²) in [6.45, 7) is 2.89. The van der Waals surface area contributed by atoms with Crippen molar-refractivity contribution in [3.05, 3.63) is 33.4 Å². The van der Waals surface area contributed by atoms with Gasteiger partial charge in [-0.05, 0) is 54.6 Å². The number of nitrogens with one attached hydrogen (secondary N) is 1. The third-order valence-electron chi connectivity index (χ3n) is 2.05. The molecular weight excluding hydrogens is 321 g/mol. The van der Waals surface area contributed by atoms with Gasteiger partial charge in [-0.25, -0.2) is 4.79 Å². The molecule has 1 amide bonds. The zero-order valence-electron chi connectivity index (χ0n) is 8.95. The van der Waals surface area contributed by atoms with Crippen molar-refractivity contribution in [3.63, 3.8) is 0 Å². The van der Waals surface area contributed by atoms with Gasteiger partial charge in [-0.3, -0.25) is 4.79 Å². The number of carbonyl (C=O) groups is 2. The molecule has 2 N–H and O–H groups in total. The van der Waals surface area contributed by atoms with Gasteiger partial charge < -0.3 is 10.4 Å². The van der Waals surface area contributed by atoms with E-state index in [2.05, 4.69) is 27.9 Å². The first-order chi connectivity index (χ1) is 7.33. The summed E-state index contributed by atoms with van der Waals surface area (Å²) in [5.74, 6) is -1.45. The van der Waals surface area contributed by atoms with E-state index in [1.165, 1.54) is 13.8 Å². The Morgan fingerprint density at radius 2 is 2.00 bits per heavy atom. The van der Waals surface area contributed by atoms with E-state index in [0.717, 1.165) is 3.57 Å². The molecule has 0 saturated heterocycles. The predicted molar refractivity (Wildman–Crippen MR) is 68.3 cm³/mol. The number of carbonyl (C=O) groups excluding carboxylic acids is 1. The Labute approximate surface area is 107 Å². The lowest BCUT2D eigenvalue weighted by Gasteiger charge is -2.20. The molecule has 1 aromatic rings. The SMILES string of the molecule is CC(C)(NC(=O)c1cccc(I)c1)C(=O)O. The van der Waals surface area contributed by atoms with Crippen molar-refractivity contribution in [2.24, 2.45) is 0 Å². The van der Waals surface area contributed by atoms with Crippen LogP contribution in [0.3, 0.4) is 0 Å². The maximum Gasteiger partial charge on any atom is 0.328 e. The second-order valence-electron chi connectivity index (χ2n) is 3.89. The van der Waals surface area contributed by atoms with E-state index in [1.54, 1.807) is 18.2 Å². The minimum absolute atomic E-state index is 0.383. The number of hydrogen-bond donors (Lipinski definition) is 2. The fourth-order valence-electron chi connectivity index (χ4n) is 1.04. The lowest BCUT2D eigenvalue weighted by molar-refractivity contribution is -0.143. The van der Waals surface area contributed by atoms with Crippen LogP contribution in [0.1, 0.15) is 24.2 Å². The molecule has 4 nitrogen and oxygen atoms in total. The van der Waals surface area contributed by atoms with Crippen LogP contribution >= 0.6 is 22.6 Å². The van der Waals surface area contributed by atoms with Gasteiger partial charge in [0.15, 0.2) is 0 Å². The normalized spacial score (nSPS) is 10.9. The average molecular weight is 333 g/mol. The minimum Gasteiger partial charge on any atom is -0.480 e. The molecule has 0 bridgehead atoms. The molecular formula is C11H12INO3. The van der Waals surface area contributed by atoms with E-state index in [9.17, 15) is 9.59 Å². The Morgan fingerprint density at radius 3 is 2.50 bits per heavy atom. The summed E-state index contributed by atoms with van der Waals surface area (Å²) in [5, 5.41) is 11.3. The summed E-state index contributed by atoms with van der Waals surface area (Å²) in [5.41, 5.74) is -0.806. The second-order valence-corrected chi connectivity index (χ2v) is 5.14. The zero-order valence-corrected chi connectivity index (χ0v) is 11.1. The summed E-state index contributed by atoms with van der Waals surface area (Å²) in [7, 11) is 0. The molecule has 0 aromatic heterocycles. The molecule has 0 spiro atoms. The van der Waals surface area contributed by atoms with Gasteiger partial charge in [-0.1, -0.05) is 6.07 Å². The molecule has 0 aliphatic rings. The van der Waals surface area contributed by atoms with Gasteiger partial charge in [0.25, 0.3) is 5.91 Å². The lowest BCUT2D eigenvalue weighted by Crippen LogP contribution is -2.49. The first kappa shape index (κ1) is 13.0. The molecule has 0 heterocycles. The van der Waals surface area contributed by atoms with Gasteiger partial charge in [-0.2, -0.15) is 0 Å². The van der Waals surface area contributed by atoms with Crippen LogP contribution in [-0.2, 0) is 4.79 Å². The Hall–Kier alpha value is -1.11. The van der Waals surface area contributed by atoms with Crippen molar-refractivity contribution in [1.29, 1.82) is 0 Å². The van der Waals surface area contributed by atoms with E-state index in [4.69, 9.17) is 5.11 Å². The largest absolute Gasteiger partial charge is 0.480 e. The van der Waals surface area contributed by atoms with Gasteiger partial charge in [0.05, 0.1) is 0 Å². The van der Waals surface area contributed by atoms with E-state index in [0.29, 0.717) is 5.56 Å². The first-order valence-electron chi connectivity index (χ1n) is 4.64. The highest BCUT2D eigenvalue weighted by Crippen LogP contribution is 2.10. The Bertz CT molecular complexity index is 429. The number of aliphatic carboxylic acids is 1. The van der Waals surface area contributed by atoms with Crippen molar-refractivity contribution in [3.8, 4) is 0 Å². The molecule has 86 valence electrons. The Morgan fingerprint density at radius 1 is 1.38 bits per heavy atom. The van der Waals surface area contributed by atoms with Crippen LogP contribution in [0.25, 0.3) is 0 Å². The van der Waals surface area contributed by atoms with Crippen LogP contribution < -0.4 is 5.32 Å². The van der Waals surface area contributed by atoms with Gasteiger partial charge >= 0.3 is 5.97 Å². The fourth-order valence-corrected chi connectivity index (χ4v) is 1.58. The lowest BCUT2D eigenvalue weighted by atomic mass is 10.1. The van der Waals surface area contributed by atoms with Crippen LogP contribution in [0, 0.1) is 3.57 Å². The quantitative estimate of drug-likeness (QED) is 0.830. The smallest absolute Gasteiger partial charge is 0.328 e. The van der Waals surface area contributed by atoms with E-state index in [-0.39, 0.29) is 5.91 Å². The molecule has 5 heteroatoms. The van der Waals surface area contributed by atoms with Gasteiger partial charge in [0, 0.05) is 9.13 Å². The van der Waals surface area contributed by atoms with Crippen molar-refractivity contribution in [1.82, 2.24) is 5.32 Å². The fraction of sp³-hybridized carbons (Fsp3) is 0.273. The number of halogens is 1. The average Bonchev–Trinajstić information content (AvgIpc) is 2.16. The number of benzene rings is 1. The molecule has 0 aliphatic carbocycles. The molecule has 16 heavy (non-hydrogen) atoms. The molecule has 0 aliphatic heterocycles. The van der Waals surface area contributed by atoms with Crippen molar-refractivity contribution in [2.75, 3.05) is 0 Å². The Kier molecular flexibility index (Phi) is 3.90. The number of carboxylic acid groups (broad SMARTS) is 1. The summed E-state index contributed by atoms with van der Waals surface area (Å²) in [4.78, 5) is 22.6. The highest BCUT2D eigenvalue weighted by molar-refractivity contribution is 14.1. The summed E-state index contributed by atoms with van der Waals surface area (Å²) in [6.07, 6.45) is 0. The van der Waals surface area contributed by atoms with Crippen molar-refractivity contribution < 1.29 is 14.7 Å². The monoisotopic (exact) mass is 333 g/mol. The Balaban J connectivity index is 2.85. The topological polar surface area (TPSA) is 66.4 Å². The first-order valence-corrected chi connectivity index (χ1v) is 5.72. The molecule has 0 radical (unpaired) electrons. The maximum atomic E-state index is 11.7. The molecule has 1 rings (SSSR count). The van der Waals surface area contributed by atoms with Gasteiger partial charge in [-0.15, -0.1) is 0 Å². The van der Waals surface area contributed by atoms with Crippen LogP contribution in [0.4, 0.5) is 0 Å². The van der Waals surface area contributed by atoms with Crippen molar-refractivity contribution in [2.45, 2.75) is 19.4 Å². The van der Waals surface area contributed by atoms with Crippen LogP contribution in [0.5, 0.6) is 0 Å². The van der Waals surface area contributed by atoms with Gasteiger partial charge in [0.2, 0.25) is 0 Å². The number of hydrogen-bond acceptors (Lipinski definition) is 2. The third kappa shape index (κ3) is 3.19. The summed E-state index contributed by atoms with van der Waals surface area (Å²) in [6, 6.07) is 6.97. The molecule has 1 aromatic carbocycles. The standard InChI is InChI=1S/C11H12INO3/c1-11(2,10(15)16)13-9(14)7-4-3-5-8(12)6-7/h3-6H,1-2H3,(H,13,14)(H,15,16). The molecule has 0 unspecified atom stereocenters. The van der Waals surface area contributed by atoms with E-state index >= 15 is 0 Å². The highest BCUT2D eigenvalue weighted by Gasteiger charge is 2.29. The third-order valence-corrected chi connectivity index (χ3v) is 2.72. The van der Waals surface area contributed by atoms with Gasteiger partial charge in [0.1, 0.15) is 5.54 Å². The predicted octanol–water partition coefficient (Wildman–Crippen LogP) is 1.88. The highest BCUT2D eigenvalue weighted by atomic mass is 127. The second kappa shape index (κ2) is 4.82. The van der Waals surface area contributed by atoms with Crippen LogP contribution in [0.15, 0.2) is 24.3 Å². The van der Waals surface area contributed by atoms with E-state index < -0.39 is 11.5 Å². The number of carboxylic acids is 1. The molecule has 0 saturated carbocycles. The van der Waals surface area contributed by atoms with Crippen LogP contribution in [0.2, 0.25) is 0 Å². The molecule has 0 atom stereocenters. The number of rotatable bonds is 3. The molecule has 0 fully saturated rings. The zero-order chi connectivity index (χ0) is 12.3. The maximum absolute atomic E-state index is 11.7. The van der Waals surface area contributed by atoms with Crippen molar-refractivity contribution >= 4 is 34.5 Å². The summed E-state index contributed by atoms with van der Waals surface area (Å²) >= 11 is 2.09. The van der Waals surface area contributed by atoms with Crippen LogP contribution in [-0.4, -0.2) is 22.5 Å². The van der Waals surface area contributed by atoms with E-state index in [1.807, 2.05) is 6.07 Å². The summed E-state index contributed by atoms with van der Waals surface area (Å²) < 4.78 is 0.929.